The van der Waals surface area contributed by atoms with Crippen molar-refractivity contribution in [1.82, 2.24) is 4.90 Å². The molecule has 0 spiro atoms. The van der Waals surface area contributed by atoms with E-state index < -0.39 is 12.1 Å². The first kappa shape index (κ1) is 13.9. The first-order valence-corrected chi connectivity index (χ1v) is 5.65. The van der Waals surface area contributed by atoms with Crippen molar-refractivity contribution in [3.8, 4) is 0 Å². The van der Waals surface area contributed by atoms with E-state index in [1.807, 2.05) is 0 Å². The molecule has 6 nitrogen and oxygen atoms in total. The van der Waals surface area contributed by atoms with E-state index in [0.29, 0.717) is 26.3 Å². The number of morpholine rings is 1. The van der Waals surface area contributed by atoms with Crippen LogP contribution in [0, 0.1) is 5.92 Å². The van der Waals surface area contributed by atoms with Gasteiger partial charge in [0.2, 0.25) is 5.91 Å². The van der Waals surface area contributed by atoms with Gasteiger partial charge in [-0.3, -0.25) is 9.59 Å². The summed E-state index contributed by atoms with van der Waals surface area (Å²) in [5.74, 6) is -1.12. The van der Waals surface area contributed by atoms with E-state index in [9.17, 15) is 9.59 Å². The molecule has 1 aliphatic heterocycles. The molecule has 1 rings (SSSR count). The molecule has 1 heterocycles. The molecule has 0 radical (unpaired) electrons. The first-order valence-electron chi connectivity index (χ1n) is 5.65. The second kappa shape index (κ2) is 6.56. The number of aliphatic carboxylic acids is 1. The summed E-state index contributed by atoms with van der Waals surface area (Å²) in [5, 5.41) is 8.68. The predicted molar refractivity (Wildman–Crippen MR) is 59.6 cm³/mol. The number of carbonyl (C=O) groups excluding carboxylic acids is 1. The van der Waals surface area contributed by atoms with Crippen LogP contribution in [0.4, 0.5) is 0 Å². The van der Waals surface area contributed by atoms with Gasteiger partial charge in [-0.05, 0) is 0 Å². The lowest BCUT2D eigenvalue weighted by molar-refractivity contribution is -0.150. The van der Waals surface area contributed by atoms with Crippen LogP contribution in [-0.4, -0.2) is 61.4 Å². The number of rotatable bonds is 5. The van der Waals surface area contributed by atoms with Crippen molar-refractivity contribution < 1.29 is 24.2 Å². The molecule has 6 heteroatoms. The number of carboxylic acids is 1. The van der Waals surface area contributed by atoms with E-state index in [0.717, 1.165) is 0 Å². The molecule has 17 heavy (non-hydrogen) atoms. The molecular formula is C11H19NO5. The number of hydrogen-bond acceptors (Lipinski definition) is 4. The smallest absolute Gasteiger partial charge is 0.306 e. The zero-order valence-electron chi connectivity index (χ0n) is 10.2. The summed E-state index contributed by atoms with van der Waals surface area (Å²) in [5.41, 5.74) is 0. The summed E-state index contributed by atoms with van der Waals surface area (Å²) in [7, 11) is 1.55. The van der Waals surface area contributed by atoms with Crippen LogP contribution in [0.3, 0.4) is 0 Å². The van der Waals surface area contributed by atoms with Crippen LogP contribution in [-0.2, 0) is 19.1 Å². The van der Waals surface area contributed by atoms with Crippen LogP contribution < -0.4 is 0 Å². The Labute approximate surface area is 100 Å². The molecule has 0 aromatic rings. The quantitative estimate of drug-likeness (QED) is 0.736. The van der Waals surface area contributed by atoms with E-state index >= 15 is 0 Å². The van der Waals surface area contributed by atoms with E-state index in [1.54, 1.807) is 18.9 Å². The largest absolute Gasteiger partial charge is 0.481 e. The fourth-order valence-electron chi connectivity index (χ4n) is 1.87. The van der Waals surface area contributed by atoms with E-state index in [-0.39, 0.29) is 18.2 Å². The van der Waals surface area contributed by atoms with Crippen LogP contribution in [0.15, 0.2) is 0 Å². The van der Waals surface area contributed by atoms with Gasteiger partial charge in [0.15, 0.2) is 0 Å². The average molecular weight is 245 g/mol. The minimum absolute atomic E-state index is 0.00876. The van der Waals surface area contributed by atoms with Gasteiger partial charge in [0.05, 0.1) is 31.7 Å². The molecule has 1 fully saturated rings. The predicted octanol–water partition coefficient (Wildman–Crippen LogP) is -0.0290. The zero-order chi connectivity index (χ0) is 12.8. The number of carbonyl (C=O) groups is 2. The Bertz CT molecular complexity index is 281. The van der Waals surface area contributed by atoms with Gasteiger partial charge in [-0.25, -0.2) is 0 Å². The number of methoxy groups -OCH3 is 1. The molecule has 0 aromatic carbocycles. The van der Waals surface area contributed by atoms with Gasteiger partial charge < -0.3 is 19.5 Å². The third-order valence-electron chi connectivity index (χ3n) is 2.69. The second-order valence-electron chi connectivity index (χ2n) is 4.23. The highest BCUT2D eigenvalue weighted by Gasteiger charge is 2.28. The third kappa shape index (κ3) is 4.32. The highest BCUT2D eigenvalue weighted by molar-refractivity contribution is 5.78. The summed E-state index contributed by atoms with van der Waals surface area (Å²) in [4.78, 5) is 24.2. The van der Waals surface area contributed by atoms with Crippen molar-refractivity contribution in [2.24, 2.45) is 5.92 Å². The number of hydrogen-bond donors (Lipinski definition) is 1. The van der Waals surface area contributed by atoms with Crippen molar-refractivity contribution in [1.29, 1.82) is 0 Å². The third-order valence-corrected chi connectivity index (χ3v) is 2.69. The van der Waals surface area contributed by atoms with E-state index in [2.05, 4.69) is 0 Å². The monoisotopic (exact) mass is 245 g/mol. The number of amides is 1. The number of nitrogens with zero attached hydrogens (tertiary/aromatic N) is 1. The standard InChI is InChI=1S/C11H19NO5/c1-8(7-16-2)11(15)12-3-4-17-9(6-12)5-10(13)14/h8-9H,3-7H2,1-2H3,(H,13,14). The molecule has 1 aliphatic rings. The lowest BCUT2D eigenvalue weighted by Crippen LogP contribution is -2.48. The van der Waals surface area contributed by atoms with Gasteiger partial charge in [0, 0.05) is 20.2 Å². The molecule has 2 unspecified atom stereocenters. The number of ether oxygens (including phenoxy) is 2. The minimum atomic E-state index is -0.908. The topological polar surface area (TPSA) is 76.1 Å². The maximum atomic E-state index is 12.0. The SMILES string of the molecule is COCC(C)C(=O)N1CCOC(CC(=O)O)C1. The Hall–Kier alpha value is -1.14. The van der Waals surface area contributed by atoms with Crippen molar-refractivity contribution in [3.05, 3.63) is 0 Å². The maximum absolute atomic E-state index is 12.0. The van der Waals surface area contributed by atoms with Crippen molar-refractivity contribution in [3.63, 3.8) is 0 Å². The van der Waals surface area contributed by atoms with Crippen molar-refractivity contribution in [2.75, 3.05) is 33.4 Å². The first-order chi connectivity index (χ1) is 8.04. The van der Waals surface area contributed by atoms with Crippen molar-refractivity contribution in [2.45, 2.75) is 19.4 Å². The highest BCUT2D eigenvalue weighted by atomic mass is 16.5. The van der Waals surface area contributed by atoms with Crippen molar-refractivity contribution >= 4 is 11.9 Å². The summed E-state index contributed by atoms with van der Waals surface area (Å²) < 4.78 is 10.2. The van der Waals surface area contributed by atoms with E-state index in [1.165, 1.54) is 0 Å². The molecule has 1 N–H and O–H groups in total. The summed E-state index contributed by atoms with van der Waals surface area (Å²) in [6, 6.07) is 0. The molecule has 0 aromatic heterocycles. The average Bonchev–Trinajstić information content (AvgIpc) is 2.28. The molecule has 0 aliphatic carbocycles. The van der Waals surface area contributed by atoms with Gasteiger partial charge in [0.25, 0.3) is 0 Å². The Morgan fingerprint density at radius 3 is 2.88 bits per heavy atom. The van der Waals surface area contributed by atoms with Crippen LogP contribution in [0.25, 0.3) is 0 Å². The van der Waals surface area contributed by atoms with Crippen LogP contribution in [0.2, 0.25) is 0 Å². The highest BCUT2D eigenvalue weighted by Crippen LogP contribution is 2.12. The fourth-order valence-corrected chi connectivity index (χ4v) is 1.87. The van der Waals surface area contributed by atoms with Gasteiger partial charge in [-0.2, -0.15) is 0 Å². The molecular weight excluding hydrogens is 226 g/mol. The second-order valence-corrected chi connectivity index (χ2v) is 4.23. The van der Waals surface area contributed by atoms with Crippen LogP contribution >= 0.6 is 0 Å². The van der Waals surface area contributed by atoms with Gasteiger partial charge in [0.1, 0.15) is 0 Å². The number of carboxylic acid groups (broad SMARTS) is 1. The summed E-state index contributed by atoms with van der Waals surface area (Å²) in [6.45, 7) is 3.43. The van der Waals surface area contributed by atoms with Gasteiger partial charge in [-0.15, -0.1) is 0 Å². The Balaban J connectivity index is 2.48. The molecule has 98 valence electrons. The molecule has 0 saturated carbocycles. The zero-order valence-corrected chi connectivity index (χ0v) is 10.2. The summed E-state index contributed by atoms with van der Waals surface area (Å²) in [6.07, 6.45) is -0.470. The Kier molecular flexibility index (Phi) is 5.37. The molecule has 2 atom stereocenters. The van der Waals surface area contributed by atoms with Crippen LogP contribution in [0.1, 0.15) is 13.3 Å². The lowest BCUT2D eigenvalue weighted by Gasteiger charge is -2.33. The Morgan fingerprint density at radius 2 is 2.29 bits per heavy atom. The van der Waals surface area contributed by atoms with Gasteiger partial charge in [-0.1, -0.05) is 6.92 Å². The Morgan fingerprint density at radius 1 is 1.59 bits per heavy atom. The van der Waals surface area contributed by atoms with E-state index in [4.69, 9.17) is 14.6 Å². The molecule has 1 saturated heterocycles. The summed E-state index contributed by atoms with van der Waals surface area (Å²) >= 11 is 0. The van der Waals surface area contributed by atoms with Gasteiger partial charge >= 0.3 is 5.97 Å². The molecule has 1 amide bonds. The van der Waals surface area contributed by atoms with Crippen LogP contribution in [0.5, 0.6) is 0 Å². The maximum Gasteiger partial charge on any atom is 0.306 e. The lowest BCUT2D eigenvalue weighted by atomic mass is 10.1. The minimum Gasteiger partial charge on any atom is -0.481 e. The fraction of sp³-hybridized carbons (Fsp3) is 0.818. The normalized spacial score (nSPS) is 22.2. The molecule has 0 bridgehead atoms.